The third kappa shape index (κ3) is 1.69. The monoisotopic (exact) mass is 191 g/mol. The molecule has 2 aromatic heterocycles. The van der Waals surface area contributed by atoms with Crippen LogP contribution < -0.4 is 0 Å². The number of aromatic nitrogens is 3. The quantitative estimate of drug-likeness (QED) is 0.804. The second-order valence-corrected chi connectivity index (χ2v) is 3.32. The van der Waals surface area contributed by atoms with Gasteiger partial charge < -0.3 is 5.11 Å². The van der Waals surface area contributed by atoms with Crippen molar-refractivity contribution in [3.8, 4) is 5.75 Å². The largest absolute Gasteiger partial charge is 0.506 e. The number of unbranched alkanes of at least 4 members (excludes halogenated alkanes) is 1. The lowest BCUT2D eigenvalue weighted by atomic mass is 10.2. The van der Waals surface area contributed by atoms with Gasteiger partial charge in [-0.3, -0.25) is 0 Å². The van der Waals surface area contributed by atoms with E-state index in [1.165, 1.54) is 0 Å². The lowest BCUT2D eigenvalue weighted by Gasteiger charge is -1.90. The summed E-state index contributed by atoms with van der Waals surface area (Å²) in [5.74, 6) is 1.06. The average molecular weight is 191 g/mol. The standard InChI is InChI=1S/C10H13N3O/c1-2-3-4-9-11-10-6-5-8(14)7-13(10)12-9/h5-7,14H,2-4H2,1H3. The Bertz CT molecular complexity index is 436. The maximum atomic E-state index is 9.23. The van der Waals surface area contributed by atoms with Gasteiger partial charge in [-0.15, -0.1) is 0 Å². The first kappa shape index (κ1) is 8.99. The number of hydrogen-bond donors (Lipinski definition) is 1. The fourth-order valence-electron chi connectivity index (χ4n) is 1.36. The van der Waals surface area contributed by atoms with Gasteiger partial charge >= 0.3 is 0 Å². The highest BCUT2D eigenvalue weighted by Crippen LogP contribution is 2.10. The summed E-state index contributed by atoms with van der Waals surface area (Å²) in [4.78, 5) is 4.33. The molecule has 0 bridgehead atoms. The Morgan fingerprint density at radius 3 is 3.07 bits per heavy atom. The molecule has 0 fully saturated rings. The molecule has 1 N–H and O–H groups in total. The number of hydrogen-bond acceptors (Lipinski definition) is 3. The molecule has 0 aromatic carbocycles. The van der Waals surface area contributed by atoms with Gasteiger partial charge in [-0.1, -0.05) is 13.3 Å². The van der Waals surface area contributed by atoms with Gasteiger partial charge in [0.15, 0.2) is 11.5 Å². The van der Waals surface area contributed by atoms with Crippen LogP contribution in [-0.2, 0) is 6.42 Å². The zero-order valence-corrected chi connectivity index (χ0v) is 8.14. The highest BCUT2D eigenvalue weighted by atomic mass is 16.3. The first-order valence-electron chi connectivity index (χ1n) is 4.84. The topological polar surface area (TPSA) is 50.4 Å². The van der Waals surface area contributed by atoms with Gasteiger partial charge in [-0.2, -0.15) is 5.10 Å². The van der Waals surface area contributed by atoms with Crippen LogP contribution in [-0.4, -0.2) is 19.7 Å². The summed E-state index contributed by atoms with van der Waals surface area (Å²) in [5.41, 5.74) is 0.786. The maximum absolute atomic E-state index is 9.23. The Morgan fingerprint density at radius 1 is 1.43 bits per heavy atom. The first-order chi connectivity index (χ1) is 6.79. The summed E-state index contributed by atoms with van der Waals surface area (Å²) >= 11 is 0. The highest BCUT2D eigenvalue weighted by molar-refractivity contribution is 5.40. The van der Waals surface area contributed by atoms with Crippen LogP contribution in [0.2, 0.25) is 0 Å². The highest BCUT2D eigenvalue weighted by Gasteiger charge is 2.02. The third-order valence-electron chi connectivity index (χ3n) is 2.11. The molecule has 2 heterocycles. The first-order valence-corrected chi connectivity index (χ1v) is 4.84. The van der Waals surface area contributed by atoms with Crippen molar-refractivity contribution >= 4 is 5.65 Å². The van der Waals surface area contributed by atoms with Crippen molar-refractivity contribution in [2.45, 2.75) is 26.2 Å². The van der Waals surface area contributed by atoms with Crippen LogP contribution in [0.15, 0.2) is 18.3 Å². The molecule has 0 aliphatic rings. The van der Waals surface area contributed by atoms with E-state index in [-0.39, 0.29) is 5.75 Å². The molecule has 0 aliphatic carbocycles. The van der Waals surface area contributed by atoms with Gasteiger partial charge in [0.05, 0.1) is 6.20 Å². The Balaban J connectivity index is 2.32. The summed E-state index contributed by atoms with van der Waals surface area (Å²) in [7, 11) is 0. The minimum atomic E-state index is 0.212. The minimum Gasteiger partial charge on any atom is -0.506 e. The predicted octanol–water partition coefficient (Wildman–Crippen LogP) is 1.78. The van der Waals surface area contributed by atoms with E-state index in [2.05, 4.69) is 17.0 Å². The van der Waals surface area contributed by atoms with E-state index in [9.17, 15) is 5.11 Å². The van der Waals surface area contributed by atoms with E-state index in [4.69, 9.17) is 0 Å². The van der Waals surface area contributed by atoms with E-state index in [0.717, 1.165) is 30.7 Å². The molecule has 4 heteroatoms. The van der Waals surface area contributed by atoms with Crippen molar-refractivity contribution in [2.75, 3.05) is 0 Å². The van der Waals surface area contributed by atoms with E-state index in [0.29, 0.717) is 0 Å². The van der Waals surface area contributed by atoms with E-state index in [1.54, 1.807) is 22.8 Å². The number of pyridine rings is 1. The summed E-state index contributed by atoms with van der Waals surface area (Å²) in [6.45, 7) is 2.14. The van der Waals surface area contributed by atoms with Crippen LogP contribution in [0.1, 0.15) is 25.6 Å². The van der Waals surface area contributed by atoms with Crippen LogP contribution in [0.25, 0.3) is 5.65 Å². The molecule has 0 aliphatic heterocycles. The van der Waals surface area contributed by atoms with Crippen LogP contribution in [0, 0.1) is 0 Å². The molecule has 0 spiro atoms. The van der Waals surface area contributed by atoms with Crippen molar-refractivity contribution in [3.05, 3.63) is 24.2 Å². The fraction of sp³-hybridized carbons (Fsp3) is 0.400. The van der Waals surface area contributed by atoms with Crippen LogP contribution in [0.5, 0.6) is 5.75 Å². The van der Waals surface area contributed by atoms with Crippen molar-refractivity contribution in [1.29, 1.82) is 0 Å². The molecular weight excluding hydrogens is 178 g/mol. The zero-order valence-electron chi connectivity index (χ0n) is 8.14. The van der Waals surface area contributed by atoms with Crippen LogP contribution >= 0.6 is 0 Å². The predicted molar refractivity (Wildman–Crippen MR) is 53.3 cm³/mol. The van der Waals surface area contributed by atoms with Gasteiger partial charge in [0, 0.05) is 6.42 Å². The number of aryl methyl sites for hydroxylation is 1. The molecule has 0 amide bonds. The van der Waals surface area contributed by atoms with Gasteiger partial charge in [0.1, 0.15) is 5.75 Å². The lowest BCUT2D eigenvalue weighted by molar-refractivity contribution is 0.470. The molecule has 0 radical (unpaired) electrons. The Labute approximate surface area is 82.2 Å². The molecule has 2 rings (SSSR count). The second kappa shape index (κ2) is 3.65. The summed E-state index contributed by atoms with van der Waals surface area (Å²) < 4.78 is 1.61. The van der Waals surface area contributed by atoms with Crippen molar-refractivity contribution in [3.63, 3.8) is 0 Å². The Kier molecular flexibility index (Phi) is 2.35. The van der Waals surface area contributed by atoms with Crippen molar-refractivity contribution in [2.24, 2.45) is 0 Å². The normalized spacial score (nSPS) is 10.9. The molecule has 0 atom stereocenters. The molecule has 0 saturated carbocycles. The summed E-state index contributed by atoms with van der Waals surface area (Å²) in [6.07, 6.45) is 4.71. The molecule has 2 aromatic rings. The molecule has 0 unspecified atom stereocenters. The third-order valence-corrected chi connectivity index (χ3v) is 2.11. The Morgan fingerprint density at radius 2 is 2.29 bits per heavy atom. The number of nitrogens with zero attached hydrogens (tertiary/aromatic N) is 3. The van der Waals surface area contributed by atoms with Gasteiger partial charge in [0.2, 0.25) is 0 Å². The second-order valence-electron chi connectivity index (χ2n) is 3.32. The van der Waals surface area contributed by atoms with Crippen molar-refractivity contribution in [1.82, 2.24) is 14.6 Å². The van der Waals surface area contributed by atoms with Gasteiger partial charge in [0.25, 0.3) is 0 Å². The molecule has 74 valence electrons. The van der Waals surface area contributed by atoms with Gasteiger partial charge in [-0.05, 0) is 18.6 Å². The molecular formula is C10H13N3O. The van der Waals surface area contributed by atoms with E-state index < -0.39 is 0 Å². The summed E-state index contributed by atoms with van der Waals surface area (Å²) in [6, 6.07) is 3.38. The van der Waals surface area contributed by atoms with E-state index >= 15 is 0 Å². The molecule has 0 saturated heterocycles. The molecule has 4 nitrogen and oxygen atoms in total. The number of aromatic hydroxyl groups is 1. The fourth-order valence-corrected chi connectivity index (χ4v) is 1.36. The maximum Gasteiger partial charge on any atom is 0.155 e. The van der Waals surface area contributed by atoms with Gasteiger partial charge in [-0.25, -0.2) is 9.50 Å². The lowest BCUT2D eigenvalue weighted by Crippen LogP contribution is -1.89. The summed E-state index contributed by atoms with van der Waals surface area (Å²) in [5, 5.41) is 13.5. The average Bonchev–Trinajstić information content (AvgIpc) is 2.56. The van der Waals surface area contributed by atoms with Crippen molar-refractivity contribution < 1.29 is 5.11 Å². The van der Waals surface area contributed by atoms with Crippen LogP contribution in [0.4, 0.5) is 0 Å². The van der Waals surface area contributed by atoms with Crippen LogP contribution in [0.3, 0.4) is 0 Å². The SMILES string of the molecule is CCCCc1nc2ccc(O)cn2n1. The number of rotatable bonds is 3. The zero-order chi connectivity index (χ0) is 9.97. The number of fused-ring (bicyclic) bond motifs is 1. The minimum absolute atomic E-state index is 0.212. The Hall–Kier alpha value is -1.58. The smallest absolute Gasteiger partial charge is 0.155 e. The van der Waals surface area contributed by atoms with E-state index in [1.807, 2.05) is 0 Å². The molecule has 14 heavy (non-hydrogen) atoms.